The second-order valence-corrected chi connectivity index (χ2v) is 4.80. The fraction of sp³-hybridized carbons (Fsp3) is 0.455. The summed E-state index contributed by atoms with van der Waals surface area (Å²) in [6.07, 6.45) is 2.62. The predicted molar refractivity (Wildman–Crippen MR) is 74.0 cm³/mol. The molecule has 1 amide bonds. The van der Waals surface area contributed by atoms with E-state index in [0.29, 0.717) is 24.4 Å². The van der Waals surface area contributed by atoms with E-state index >= 15 is 0 Å². The normalized spacial score (nSPS) is 11.6. The Bertz CT molecular complexity index is 454. The van der Waals surface area contributed by atoms with E-state index in [9.17, 15) is 9.59 Å². The van der Waals surface area contributed by atoms with Gasteiger partial charge in [0.1, 0.15) is 0 Å². The maximum Gasteiger partial charge on any atom is 0.217 e. The maximum absolute atomic E-state index is 12.1. The van der Waals surface area contributed by atoms with Gasteiger partial charge in [-0.25, -0.2) is 4.98 Å². The van der Waals surface area contributed by atoms with Crippen molar-refractivity contribution < 1.29 is 9.59 Å². The van der Waals surface area contributed by atoms with Crippen LogP contribution in [-0.2, 0) is 4.79 Å². The van der Waals surface area contributed by atoms with E-state index in [2.05, 4.69) is 15.3 Å². The molecule has 104 valence electrons. The van der Waals surface area contributed by atoms with Crippen molar-refractivity contribution in [2.75, 3.05) is 6.54 Å². The van der Waals surface area contributed by atoms with Gasteiger partial charge in [-0.05, 0) is 12.8 Å². The molecule has 0 saturated heterocycles. The number of aromatic nitrogens is 1. The summed E-state index contributed by atoms with van der Waals surface area (Å²) in [5, 5.41) is 4.73. The number of hydrogen-bond donors (Lipinski definition) is 3. The molecule has 0 bridgehead atoms. The number of rotatable bonds is 7. The maximum atomic E-state index is 12.1. The zero-order valence-corrected chi connectivity index (χ0v) is 11.4. The van der Waals surface area contributed by atoms with E-state index in [4.69, 9.17) is 11.5 Å². The number of thiazole rings is 1. The molecule has 0 fully saturated rings. The molecule has 1 aromatic rings. The van der Waals surface area contributed by atoms with Crippen LogP contribution in [0.2, 0.25) is 0 Å². The Labute approximate surface area is 115 Å². The average molecular weight is 283 g/mol. The third-order valence-corrected chi connectivity index (χ3v) is 3.07. The van der Waals surface area contributed by atoms with Gasteiger partial charge in [-0.2, -0.15) is 0 Å². The summed E-state index contributed by atoms with van der Waals surface area (Å²) in [7, 11) is 0. The fourth-order valence-electron chi connectivity index (χ4n) is 1.51. The lowest BCUT2D eigenvalue weighted by atomic mass is 10.1. The largest absolute Gasteiger partial charge is 0.370 e. The highest BCUT2D eigenvalue weighted by Crippen LogP contribution is 2.11. The summed E-state index contributed by atoms with van der Waals surface area (Å²) in [5.41, 5.74) is 10.4. The van der Waals surface area contributed by atoms with Gasteiger partial charge < -0.3 is 16.8 Å². The Morgan fingerprint density at radius 2 is 2.26 bits per heavy atom. The molecule has 19 heavy (non-hydrogen) atoms. The van der Waals surface area contributed by atoms with Crippen LogP contribution in [-0.4, -0.2) is 35.2 Å². The summed E-state index contributed by atoms with van der Waals surface area (Å²) in [6, 6.07) is -0.585. The van der Waals surface area contributed by atoms with Crippen molar-refractivity contribution in [3.05, 3.63) is 16.6 Å². The molecule has 0 saturated carbocycles. The molecule has 1 unspecified atom stereocenters. The zero-order valence-electron chi connectivity index (χ0n) is 10.6. The van der Waals surface area contributed by atoms with E-state index in [0.717, 1.165) is 0 Å². The third kappa shape index (κ3) is 5.47. The molecular formula is C11H17N5O2S. The van der Waals surface area contributed by atoms with Crippen LogP contribution < -0.4 is 16.8 Å². The van der Waals surface area contributed by atoms with Crippen LogP contribution >= 0.6 is 11.3 Å². The lowest BCUT2D eigenvalue weighted by Crippen LogP contribution is -2.39. The van der Waals surface area contributed by atoms with Gasteiger partial charge in [-0.15, -0.1) is 11.3 Å². The third-order valence-electron chi connectivity index (χ3n) is 2.28. The van der Waals surface area contributed by atoms with E-state index in [1.165, 1.54) is 18.3 Å². The number of carbonyl (C=O) groups is 2. The number of nitrogens with one attached hydrogen (secondary N) is 1. The summed E-state index contributed by atoms with van der Waals surface area (Å²) >= 11 is 1.25. The number of carbonyl (C=O) groups excluding carboxylic acids is 2. The van der Waals surface area contributed by atoms with E-state index < -0.39 is 6.04 Å². The highest BCUT2D eigenvalue weighted by atomic mass is 32.1. The number of ketones is 1. The van der Waals surface area contributed by atoms with Gasteiger partial charge in [0, 0.05) is 25.0 Å². The molecule has 0 aromatic carbocycles. The average Bonchev–Trinajstić information content (AvgIpc) is 2.85. The molecule has 1 rings (SSSR count). The van der Waals surface area contributed by atoms with Crippen LogP contribution in [0.15, 0.2) is 16.6 Å². The minimum absolute atomic E-state index is 0.0160. The Kier molecular flexibility index (Phi) is 5.94. The first-order valence-corrected chi connectivity index (χ1v) is 6.65. The molecule has 0 aliphatic carbocycles. The Morgan fingerprint density at radius 3 is 2.79 bits per heavy atom. The quantitative estimate of drug-likeness (QED) is 0.279. The van der Waals surface area contributed by atoms with Crippen molar-refractivity contribution in [3.8, 4) is 0 Å². The van der Waals surface area contributed by atoms with Crippen LogP contribution in [0, 0.1) is 0 Å². The van der Waals surface area contributed by atoms with E-state index in [1.54, 1.807) is 11.6 Å². The minimum Gasteiger partial charge on any atom is -0.370 e. The second-order valence-electron chi connectivity index (χ2n) is 3.90. The van der Waals surface area contributed by atoms with Gasteiger partial charge in [0.15, 0.2) is 11.0 Å². The standard InChI is InChI=1S/C11H17N5O2S/c1-7(17)16-8(3-2-4-15-11(12)13)9(18)10-14-5-6-19-10/h5-6,8H,2-4H2,1H3,(H,16,17)(H4,12,13,15). The monoisotopic (exact) mass is 283 g/mol. The SMILES string of the molecule is CC(=O)NC(CCCN=C(N)N)C(=O)c1nccs1. The number of nitrogens with two attached hydrogens (primary N) is 2. The molecule has 0 aliphatic rings. The van der Waals surface area contributed by atoms with Gasteiger partial charge in [0.25, 0.3) is 0 Å². The summed E-state index contributed by atoms with van der Waals surface area (Å²) in [5.74, 6) is -0.422. The molecule has 7 nitrogen and oxygen atoms in total. The highest BCUT2D eigenvalue weighted by Gasteiger charge is 2.22. The Balaban J connectivity index is 2.59. The number of hydrogen-bond acceptors (Lipinski definition) is 5. The molecule has 0 spiro atoms. The van der Waals surface area contributed by atoms with E-state index in [-0.39, 0.29) is 17.6 Å². The first-order valence-electron chi connectivity index (χ1n) is 5.77. The summed E-state index contributed by atoms with van der Waals surface area (Å²) in [4.78, 5) is 31.0. The lowest BCUT2D eigenvalue weighted by Gasteiger charge is -2.14. The second kappa shape index (κ2) is 7.47. The van der Waals surface area contributed by atoms with Crippen LogP contribution in [0.3, 0.4) is 0 Å². The first kappa shape index (κ1) is 15.1. The highest BCUT2D eigenvalue weighted by molar-refractivity contribution is 7.11. The first-order chi connectivity index (χ1) is 9.00. The van der Waals surface area contributed by atoms with Gasteiger partial charge in [-0.3, -0.25) is 14.6 Å². The van der Waals surface area contributed by atoms with Crippen molar-refractivity contribution in [1.29, 1.82) is 0 Å². The predicted octanol–water partition coefficient (Wildman–Crippen LogP) is -0.116. The summed E-state index contributed by atoms with van der Waals surface area (Å²) in [6.45, 7) is 1.79. The molecule has 0 radical (unpaired) electrons. The van der Waals surface area contributed by atoms with Gasteiger partial charge in [0.05, 0.1) is 6.04 Å². The topological polar surface area (TPSA) is 123 Å². The van der Waals surface area contributed by atoms with Crippen molar-refractivity contribution >= 4 is 29.0 Å². The van der Waals surface area contributed by atoms with Gasteiger partial charge >= 0.3 is 0 Å². The van der Waals surface area contributed by atoms with Crippen molar-refractivity contribution in [1.82, 2.24) is 10.3 Å². The van der Waals surface area contributed by atoms with Gasteiger partial charge in [-0.1, -0.05) is 0 Å². The lowest BCUT2D eigenvalue weighted by molar-refractivity contribution is -0.119. The molecule has 1 heterocycles. The molecule has 5 N–H and O–H groups in total. The number of nitrogens with zero attached hydrogens (tertiary/aromatic N) is 2. The molecule has 1 aromatic heterocycles. The van der Waals surface area contributed by atoms with Crippen molar-refractivity contribution in [3.63, 3.8) is 0 Å². The Hall–Kier alpha value is -1.96. The molecule has 8 heteroatoms. The minimum atomic E-state index is -0.585. The van der Waals surface area contributed by atoms with Crippen LogP contribution in [0.25, 0.3) is 0 Å². The fourth-order valence-corrected chi connectivity index (χ4v) is 2.14. The Morgan fingerprint density at radius 1 is 1.53 bits per heavy atom. The van der Waals surface area contributed by atoms with Crippen molar-refractivity contribution in [2.45, 2.75) is 25.8 Å². The summed E-state index contributed by atoms with van der Waals surface area (Å²) < 4.78 is 0. The zero-order chi connectivity index (χ0) is 14.3. The molecule has 0 aliphatic heterocycles. The smallest absolute Gasteiger partial charge is 0.217 e. The van der Waals surface area contributed by atoms with Crippen LogP contribution in [0.4, 0.5) is 0 Å². The number of aliphatic imine (C=N–C) groups is 1. The van der Waals surface area contributed by atoms with Gasteiger partial charge in [0.2, 0.25) is 11.7 Å². The number of guanidine groups is 1. The van der Waals surface area contributed by atoms with Crippen molar-refractivity contribution in [2.24, 2.45) is 16.5 Å². The van der Waals surface area contributed by atoms with E-state index in [1.807, 2.05) is 0 Å². The van der Waals surface area contributed by atoms with Crippen LogP contribution in [0.1, 0.15) is 29.6 Å². The van der Waals surface area contributed by atoms with Crippen LogP contribution in [0.5, 0.6) is 0 Å². The number of amides is 1. The number of Topliss-reactive ketones (excluding diaryl/α,β-unsaturated/α-hetero) is 1. The molecular weight excluding hydrogens is 266 g/mol. The molecule has 1 atom stereocenters.